The van der Waals surface area contributed by atoms with Gasteiger partial charge in [0, 0.05) is 12.6 Å². The van der Waals surface area contributed by atoms with Crippen LogP contribution in [0.15, 0.2) is 77.7 Å². The van der Waals surface area contributed by atoms with Gasteiger partial charge in [-0.05, 0) is 49.4 Å². The normalized spacial score (nSPS) is 11.0. The van der Waals surface area contributed by atoms with Gasteiger partial charge < -0.3 is 10.1 Å². The van der Waals surface area contributed by atoms with Gasteiger partial charge in [-0.25, -0.2) is 22.0 Å². The molecule has 0 radical (unpaired) electrons. The molecule has 10 heteroatoms. The minimum atomic E-state index is -3.97. The number of carbonyl (C=O) groups is 2. The standard InChI is InChI=1S/C23H20F2N2O5S/c1-2-27(18-8-4-3-5-9-18)33(30,31)19-10-6-7-16(13-19)23(29)32-15-22(28)26-21-14-17(24)11-12-20(21)25/h3-14H,2,15H2,1H3,(H,26,28). The highest BCUT2D eigenvalue weighted by Gasteiger charge is 2.24. The van der Waals surface area contributed by atoms with E-state index in [9.17, 15) is 26.8 Å². The molecule has 3 rings (SSSR count). The fourth-order valence-corrected chi connectivity index (χ4v) is 4.51. The Morgan fingerprint density at radius 3 is 2.39 bits per heavy atom. The third kappa shape index (κ3) is 5.72. The van der Waals surface area contributed by atoms with Crippen LogP contribution in [0.3, 0.4) is 0 Å². The van der Waals surface area contributed by atoms with Gasteiger partial charge in [0.15, 0.2) is 6.61 Å². The third-order valence-electron chi connectivity index (χ3n) is 4.53. The molecule has 172 valence electrons. The minimum Gasteiger partial charge on any atom is -0.452 e. The van der Waals surface area contributed by atoms with Gasteiger partial charge in [0.2, 0.25) is 0 Å². The summed E-state index contributed by atoms with van der Waals surface area (Å²) < 4.78 is 59.1. The summed E-state index contributed by atoms with van der Waals surface area (Å²) in [5, 5.41) is 2.10. The van der Waals surface area contributed by atoms with E-state index in [0.29, 0.717) is 5.69 Å². The summed E-state index contributed by atoms with van der Waals surface area (Å²) in [6.07, 6.45) is 0. The van der Waals surface area contributed by atoms with Gasteiger partial charge in [-0.1, -0.05) is 24.3 Å². The molecule has 33 heavy (non-hydrogen) atoms. The second-order valence-corrected chi connectivity index (χ2v) is 8.64. The number of para-hydroxylation sites is 1. The SMILES string of the molecule is CCN(c1ccccc1)S(=O)(=O)c1cccc(C(=O)OCC(=O)Nc2cc(F)ccc2F)c1. The molecular formula is C23H20F2N2O5S. The summed E-state index contributed by atoms with van der Waals surface area (Å²) >= 11 is 0. The summed E-state index contributed by atoms with van der Waals surface area (Å²) in [5.41, 5.74) is -0.0242. The number of halogens is 2. The van der Waals surface area contributed by atoms with Crippen LogP contribution in [0.4, 0.5) is 20.2 Å². The topological polar surface area (TPSA) is 92.8 Å². The van der Waals surface area contributed by atoms with Gasteiger partial charge in [-0.15, -0.1) is 0 Å². The van der Waals surface area contributed by atoms with E-state index in [0.717, 1.165) is 24.3 Å². The Bertz CT molecular complexity index is 1270. The number of ether oxygens (including phenoxy) is 1. The van der Waals surface area contributed by atoms with E-state index in [1.165, 1.54) is 22.5 Å². The maximum Gasteiger partial charge on any atom is 0.338 e. The molecule has 0 heterocycles. The van der Waals surface area contributed by atoms with Crippen molar-refractivity contribution in [3.8, 4) is 0 Å². The first-order valence-electron chi connectivity index (χ1n) is 9.82. The van der Waals surface area contributed by atoms with Crippen LogP contribution in [0, 0.1) is 11.6 Å². The Hall–Kier alpha value is -3.79. The Kier molecular flexibility index (Phi) is 7.39. The zero-order chi connectivity index (χ0) is 24.0. The van der Waals surface area contributed by atoms with Crippen molar-refractivity contribution in [1.29, 1.82) is 0 Å². The van der Waals surface area contributed by atoms with Crippen molar-refractivity contribution < 1.29 is 31.5 Å². The van der Waals surface area contributed by atoms with Gasteiger partial charge in [-0.3, -0.25) is 9.10 Å². The molecule has 7 nitrogen and oxygen atoms in total. The van der Waals surface area contributed by atoms with Crippen LogP contribution in [0.25, 0.3) is 0 Å². The molecule has 0 bridgehead atoms. The molecule has 0 aliphatic rings. The molecule has 3 aromatic carbocycles. The number of nitrogens with one attached hydrogen (secondary N) is 1. The van der Waals surface area contributed by atoms with Crippen molar-refractivity contribution in [3.63, 3.8) is 0 Å². The number of carbonyl (C=O) groups excluding carboxylic acids is 2. The molecule has 0 fully saturated rings. The third-order valence-corrected chi connectivity index (χ3v) is 6.42. The van der Waals surface area contributed by atoms with E-state index < -0.39 is 45.8 Å². The van der Waals surface area contributed by atoms with Crippen molar-refractivity contribution in [1.82, 2.24) is 0 Å². The molecule has 0 aromatic heterocycles. The summed E-state index contributed by atoms with van der Waals surface area (Å²) in [4.78, 5) is 24.2. The number of benzene rings is 3. The van der Waals surface area contributed by atoms with Gasteiger partial charge in [0.1, 0.15) is 11.6 Å². The maximum absolute atomic E-state index is 13.6. The van der Waals surface area contributed by atoms with Crippen molar-refractivity contribution in [2.24, 2.45) is 0 Å². The van der Waals surface area contributed by atoms with Gasteiger partial charge >= 0.3 is 5.97 Å². The van der Waals surface area contributed by atoms with E-state index >= 15 is 0 Å². The lowest BCUT2D eigenvalue weighted by molar-refractivity contribution is -0.119. The molecule has 1 amide bonds. The van der Waals surface area contributed by atoms with Crippen LogP contribution >= 0.6 is 0 Å². The minimum absolute atomic E-state index is 0.0927. The van der Waals surface area contributed by atoms with Crippen molar-refractivity contribution in [2.45, 2.75) is 11.8 Å². The highest BCUT2D eigenvalue weighted by Crippen LogP contribution is 2.24. The molecule has 0 saturated carbocycles. The number of sulfonamides is 1. The number of hydrogen-bond donors (Lipinski definition) is 1. The van der Waals surface area contributed by atoms with E-state index in [-0.39, 0.29) is 17.0 Å². The predicted molar refractivity (Wildman–Crippen MR) is 118 cm³/mol. The number of nitrogens with zero attached hydrogens (tertiary/aromatic N) is 1. The Balaban J connectivity index is 1.71. The van der Waals surface area contributed by atoms with Gasteiger partial charge in [0.05, 0.1) is 21.8 Å². The van der Waals surface area contributed by atoms with E-state index in [1.807, 2.05) is 0 Å². The molecular weight excluding hydrogens is 454 g/mol. The second-order valence-electron chi connectivity index (χ2n) is 6.78. The van der Waals surface area contributed by atoms with Crippen molar-refractivity contribution >= 4 is 33.3 Å². The fraction of sp³-hybridized carbons (Fsp3) is 0.130. The zero-order valence-electron chi connectivity index (χ0n) is 17.5. The number of anilines is 2. The highest BCUT2D eigenvalue weighted by molar-refractivity contribution is 7.92. The largest absolute Gasteiger partial charge is 0.452 e. The van der Waals surface area contributed by atoms with Gasteiger partial charge in [0.25, 0.3) is 15.9 Å². The second kappa shape index (κ2) is 10.2. The Labute approximate surface area is 189 Å². The van der Waals surface area contributed by atoms with E-state index in [4.69, 9.17) is 4.74 Å². The van der Waals surface area contributed by atoms with E-state index in [1.54, 1.807) is 37.3 Å². The van der Waals surface area contributed by atoms with Crippen molar-refractivity contribution in [2.75, 3.05) is 22.8 Å². The Morgan fingerprint density at radius 2 is 1.70 bits per heavy atom. The molecule has 1 N–H and O–H groups in total. The molecule has 0 aliphatic heterocycles. The first-order chi connectivity index (χ1) is 15.7. The first kappa shape index (κ1) is 23.9. The van der Waals surface area contributed by atoms with Gasteiger partial charge in [-0.2, -0.15) is 0 Å². The number of esters is 1. The summed E-state index contributed by atoms with van der Waals surface area (Å²) in [7, 11) is -3.97. The molecule has 0 spiro atoms. The fourth-order valence-electron chi connectivity index (χ4n) is 2.99. The quantitative estimate of drug-likeness (QED) is 0.499. The first-order valence-corrected chi connectivity index (χ1v) is 11.3. The lowest BCUT2D eigenvalue weighted by Gasteiger charge is -2.23. The lowest BCUT2D eigenvalue weighted by Crippen LogP contribution is -2.30. The molecule has 0 aliphatic carbocycles. The molecule has 0 atom stereocenters. The summed E-state index contributed by atoms with van der Waals surface area (Å²) in [6, 6.07) is 16.2. The van der Waals surface area contributed by atoms with Crippen molar-refractivity contribution in [3.05, 3.63) is 90.0 Å². The molecule has 0 unspecified atom stereocenters. The number of hydrogen-bond acceptors (Lipinski definition) is 5. The van der Waals surface area contributed by atoms with Crippen LogP contribution in [0.1, 0.15) is 17.3 Å². The number of amides is 1. The zero-order valence-corrected chi connectivity index (χ0v) is 18.3. The van der Waals surface area contributed by atoms with Crippen LogP contribution in [-0.2, 0) is 19.6 Å². The van der Waals surface area contributed by atoms with Crippen LogP contribution in [0.5, 0.6) is 0 Å². The summed E-state index contributed by atoms with van der Waals surface area (Å²) in [6.45, 7) is 1.07. The van der Waals surface area contributed by atoms with Crippen LogP contribution < -0.4 is 9.62 Å². The average molecular weight is 474 g/mol. The lowest BCUT2D eigenvalue weighted by atomic mass is 10.2. The van der Waals surface area contributed by atoms with Crippen LogP contribution in [-0.4, -0.2) is 33.4 Å². The highest BCUT2D eigenvalue weighted by atomic mass is 32.2. The van der Waals surface area contributed by atoms with E-state index in [2.05, 4.69) is 5.32 Å². The molecule has 3 aromatic rings. The average Bonchev–Trinajstić information content (AvgIpc) is 2.81. The monoisotopic (exact) mass is 474 g/mol. The summed E-state index contributed by atoms with van der Waals surface area (Å²) in [5.74, 6) is -3.45. The number of rotatable bonds is 8. The smallest absolute Gasteiger partial charge is 0.338 e. The molecule has 0 saturated heterocycles. The maximum atomic E-state index is 13.6. The van der Waals surface area contributed by atoms with Crippen LogP contribution in [0.2, 0.25) is 0 Å². The predicted octanol–water partition coefficient (Wildman–Crippen LogP) is 3.98. The Morgan fingerprint density at radius 1 is 0.970 bits per heavy atom.